The van der Waals surface area contributed by atoms with E-state index in [-0.39, 0.29) is 18.6 Å². The van der Waals surface area contributed by atoms with E-state index in [0.717, 1.165) is 12.0 Å². The summed E-state index contributed by atoms with van der Waals surface area (Å²) in [6.07, 6.45) is 4.53. The van der Waals surface area contributed by atoms with Crippen LogP contribution in [0.2, 0.25) is 0 Å². The molecule has 0 bridgehead atoms. The molecule has 0 fully saturated rings. The van der Waals surface area contributed by atoms with Gasteiger partial charge in [-0.2, -0.15) is 5.10 Å². The Labute approximate surface area is 107 Å². The van der Waals surface area contributed by atoms with Gasteiger partial charge in [-0.25, -0.2) is 0 Å². The third kappa shape index (κ3) is 4.85. The molecule has 102 valence electrons. The lowest BCUT2D eigenvalue weighted by molar-refractivity contribution is -0.122. The maximum atomic E-state index is 11.6. The average Bonchev–Trinajstić information content (AvgIpc) is 2.81. The number of hydrogen-bond acceptors (Lipinski definition) is 4. The van der Waals surface area contributed by atoms with Crippen LogP contribution in [0.5, 0.6) is 0 Å². The Bertz CT molecular complexity index is 365. The second-order valence-electron chi connectivity index (χ2n) is 4.23. The van der Waals surface area contributed by atoms with Crippen molar-refractivity contribution in [1.82, 2.24) is 20.4 Å². The summed E-state index contributed by atoms with van der Waals surface area (Å²) < 4.78 is 1.68. The lowest BCUT2D eigenvalue weighted by Gasteiger charge is -2.12. The van der Waals surface area contributed by atoms with Crippen LogP contribution in [-0.4, -0.2) is 40.0 Å². The summed E-state index contributed by atoms with van der Waals surface area (Å²) in [5.41, 5.74) is 0.999. The molecule has 1 atom stereocenters. The van der Waals surface area contributed by atoms with Crippen LogP contribution >= 0.6 is 0 Å². The van der Waals surface area contributed by atoms with Gasteiger partial charge in [0.25, 0.3) is 0 Å². The SMILES string of the molecule is CCCNC(=O)C(C)NCc1cnn(CCO)c1. The van der Waals surface area contributed by atoms with Crippen LogP contribution in [0.3, 0.4) is 0 Å². The van der Waals surface area contributed by atoms with Gasteiger partial charge in [0.05, 0.1) is 25.4 Å². The maximum Gasteiger partial charge on any atom is 0.236 e. The van der Waals surface area contributed by atoms with Crippen LogP contribution in [0, 0.1) is 0 Å². The highest BCUT2D eigenvalue weighted by Gasteiger charge is 2.11. The monoisotopic (exact) mass is 254 g/mol. The molecule has 1 unspecified atom stereocenters. The predicted molar refractivity (Wildman–Crippen MR) is 68.9 cm³/mol. The third-order valence-corrected chi connectivity index (χ3v) is 2.57. The molecule has 6 heteroatoms. The first kappa shape index (κ1) is 14.7. The van der Waals surface area contributed by atoms with Gasteiger partial charge < -0.3 is 15.7 Å². The summed E-state index contributed by atoms with van der Waals surface area (Å²) in [6, 6.07) is -0.224. The van der Waals surface area contributed by atoms with Crippen molar-refractivity contribution in [1.29, 1.82) is 0 Å². The molecule has 1 aromatic heterocycles. The van der Waals surface area contributed by atoms with Crippen molar-refractivity contribution in [3.05, 3.63) is 18.0 Å². The number of amides is 1. The Hall–Kier alpha value is -1.40. The van der Waals surface area contributed by atoms with Gasteiger partial charge in [0, 0.05) is 24.8 Å². The first-order chi connectivity index (χ1) is 8.67. The van der Waals surface area contributed by atoms with E-state index in [2.05, 4.69) is 15.7 Å². The van der Waals surface area contributed by atoms with E-state index in [1.54, 1.807) is 10.9 Å². The fourth-order valence-electron chi connectivity index (χ4n) is 1.49. The van der Waals surface area contributed by atoms with E-state index < -0.39 is 0 Å². The molecule has 0 saturated carbocycles. The third-order valence-electron chi connectivity index (χ3n) is 2.57. The van der Waals surface area contributed by atoms with Gasteiger partial charge in [-0.1, -0.05) is 6.92 Å². The number of nitrogens with zero attached hydrogens (tertiary/aromatic N) is 2. The lowest BCUT2D eigenvalue weighted by atomic mass is 10.2. The number of aliphatic hydroxyl groups is 1. The summed E-state index contributed by atoms with van der Waals surface area (Å²) in [5.74, 6) is 0.0135. The smallest absolute Gasteiger partial charge is 0.236 e. The van der Waals surface area contributed by atoms with E-state index in [1.807, 2.05) is 20.0 Å². The zero-order valence-electron chi connectivity index (χ0n) is 11.0. The second-order valence-corrected chi connectivity index (χ2v) is 4.23. The van der Waals surface area contributed by atoms with Crippen molar-refractivity contribution < 1.29 is 9.90 Å². The largest absolute Gasteiger partial charge is 0.394 e. The Morgan fingerprint density at radius 1 is 1.61 bits per heavy atom. The van der Waals surface area contributed by atoms with E-state index in [9.17, 15) is 4.79 Å². The van der Waals surface area contributed by atoms with E-state index in [1.165, 1.54) is 0 Å². The van der Waals surface area contributed by atoms with Gasteiger partial charge in [-0.15, -0.1) is 0 Å². The minimum Gasteiger partial charge on any atom is -0.394 e. The van der Waals surface area contributed by atoms with Crippen LogP contribution in [0.1, 0.15) is 25.8 Å². The fourth-order valence-corrected chi connectivity index (χ4v) is 1.49. The standard InChI is InChI=1S/C12H22N4O2/c1-3-4-13-12(18)10(2)14-7-11-8-15-16(9-11)5-6-17/h8-10,14,17H,3-7H2,1-2H3,(H,13,18). The molecular formula is C12H22N4O2. The van der Waals surface area contributed by atoms with Crippen LogP contribution in [-0.2, 0) is 17.9 Å². The van der Waals surface area contributed by atoms with E-state index in [4.69, 9.17) is 5.11 Å². The highest BCUT2D eigenvalue weighted by atomic mass is 16.3. The van der Waals surface area contributed by atoms with Crippen molar-refractivity contribution in [2.75, 3.05) is 13.2 Å². The highest BCUT2D eigenvalue weighted by Crippen LogP contribution is 1.98. The number of carbonyl (C=O) groups is 1. The second kappa shape index (κ2) is 7.84. The van der Waals surface area contributed by atoms with Crippen molar-refractivity contribution in [2.45, 2.75) is 39.4 Å². The zero-order chi connectivity index (χ0) is 13.4. The number of aliphatic hydroxyl groups excluding tert-OH is 1. The summed E-state index contributed by atoms with van der Waals surface area (Å²) in [7, 11) is 0. The number of nitrogens with one attached hydrogen (secondary N) is 2. The van der Waals surface area contributed by atoms with Crippen LogP contribution in [0.4, 0.5) is 0 Å². The van der Waals surface area contributed by atoms with Crippen LogP contribution in [0.25, 0.3) is 0 Å². The van der Waals surface area contributed by atoms with Crippen molar-refractivity contribution in [3.8, 4) is 0 Å². The van der Waals surface area contributed by atoms with Gasteiger partial charge in [-0.05, 0) is 13.3 Å². The predicted octanol–water partition coefficient (Wildman–Crippen LogP) is -0.120. The molecule has 6 nitrogen and oxygen atoms in total. The maximum absolute atomic E-state index is 11.6. The number of rotatable bonds is 8. The summed E-state index contributed by atoms with van der Waals surface area (Å²) in [4.78, 5) is 11.6. The number of aromatic nitrogens is 2. The molecule has 3 N–H and O–H groups in total. The average molecular weight is 254 g/mol. The molecule has 0 aliphatic carbocycles. The first-order valence-corrected chi connectivity index (χ1v) is 6.30. The molecule has 1 rings (SSSR count). The molecule has 18 heavy (non-hydrogen) atoms. The van der Waals surface area contributed by atoms with Crippen molar-refractivity contribution in [2.24, 2.45) is 0 Å². The Morgan fingerprint density at radius 2 is 2.39 bits per heavy atom. The minimum atomic E-state index is -0.224. The topological polar surface area (TPSA) is 79.2 Å². The number of hydrogen-bond donors (Lipinski definition) is 3. The van der Waals surface area contributed by atoms with Gasteiger partial charge in [0.1, 0.15) is 0 Å². The number of carbonyl (C=O) groups excluding carboxylic acids is 1. The molecular weight excluding hydrogens is 232 g/mol. The van der Waals surface area contributed by atoms with Gasteiger partial charge in [0.2, 0.25) is 5.91 Å². The molecule has 0 aliphatic heterocycles. The molecule has 1 aromatic rings. The fraction of sp³-hybridized carbons (Fsp3) is 0.667. The molecule has 0 radical (unpaired) electrons. The molecule has 1 amide bonds. The van der Waals surface area contributed by atoms with E-state index >= 15 is 0 Å². The Balaban J connectivity index is 2.32. The first-order valence-electron chi connectivity index (χ1n) is 6.30. The molecule has 1 heterocycles. The zero-order valence-corrected chi connectivity index (χ0v) is 11.0. The van der Waals surface area contributed by atoms with E-state index in [0.29, 0.717) is 19.6 Å². The van der Waals surface area contributed by atoms with Crippen LogP contribution < -0.4 is 10.6 Å². The lowest BCUT2D eigenvalue weighted by Crippen LogP contribution is -2.42. The van der Waals surface area contributed by atoms with Gasteiger partial charge >= 0.3 is 0 Å². The van der Waals surface area contributed by atoms with Crippen molar-refractivity contribution >= 4 is 5.91 Å². The van der Waals surface area contributed by atoms with Gasteiger partial charge in [0.15, 0.2) is 0 Å². The Kier molecular flexibility index (Phi) is 6.38. The highest BCUT2D eigenvalue weighted by molar-refractivity contribution is 5.81. The quantitative estimate of drug-likeness (QED) is 0.604. The summed E-state index contributed by atoms with van der Waals surface area (Å²) in [5, 5.41) is 18.8. The normalized spacial score (nSPS) is 12.4. The molecule has 0 saturated heterocycles. The van der Waals surface area contributed by atoms with Gasteiger partial charge in [-0.3, -0.25) is 9.48 Å². The summed E-state index contributed by atoms with van der Waals surface area (Å²) in [6.45, 7) is 5.72. The van der Waals surface area contributed by atoms with Crippen LogP contribution in [0.15, 0.2) is 12.4 Å². The minimum absolute atomic E-state index is 0.0135. The summed E-state index contributed by atoms with van der Waals surface area (Å²) >= 11 is 0. The Morgan fingerprint density at radius 3 is 3.06 bits per heavy atom. The molecule has 0 spiro atoms. The molecule has 0 aliphatic rings. The molecule has 0 aromatic carbocycles. The van der Waals surface area contributed by atoms with Crippen molar-refractivity contribution in [3.63, 3.8) is 0 Å².